The van der Waals surface area contributed by atoms with E-state index in [1.807, 2.05) is 20.8 Å². The van der Waals surface area contributed by atoms with Crippen molar-refractivity contribution in [2.45, 2.75) is 57.6 Å². The Morgan fingerprint density at radius 1 is 0.889 bits per heavy atom. The minimum Gasteiger partial charge on any atom is -0.494 e. The van der Waals surface area contributed by atoms with E-state index in [4.69, 9.17) is 37.4 Å². The van der Waals surface area contributed by atoms with Crippen LogP contribution in [0.25, 0.3) is 0 Å². The van der Waals surface area contributed by atoms with Gasteiger partial charge in [-0.25, -0.2) is 8.42 Å². The molecule has 0 saturated heterocycles. The Balaban J connectivity index is 2.09. The monoisotopic (exact) mass is 679 g/mol. The van der Waals surface area contributed by atoms with Crippen LogP contribution in [-0.4, -0.2) is 64.6 Å². The largest absolute Gasteiger partial charge is 0.494 e. The van der Waals surface area contributed by atoms with E-state index >= 15 is 0 Å². The van der Waals surface area contributed by atoms with Crippen molar-refractivity contribution in [3.05, 3.63) is 76.3 Å². The third-order valence-corrected chi connectivity index (χ3v) is 9.67. The molecule has 0 aliphatic heterocycles. The van der Waals surface area contributed by atoms with Crippen LogP contribution in [0, 0.1) is 0 Å². The molecule has 0 radical (unpaired) electrons. The summed E-state index contributed by atoms with van der Waals surface area (Å²) in [4.78, 5) is 28.6. The Bertz CT molecular complexity index is 1590. The molecular formula is C32H39Cl2N3O7S. The molecule has 3 rings (SSSR count). The highest BCUT2D eigenvalue weighted by molar-refractivity contribution is 7.92. The summed E-state index contributed by atoms with van der Waals surface area (Å²) in [7, 11) is -1.51. The molecule has 0 aliphatic rings. The topological polar surface area (TPSA) is 114 Å². The van der Waals surface area contributed by atoms with Crippen LogP contribution in [-0.2, 0) is 26.2 Å². The van der Waals surface area contributed by atoms with Crippen LogP contribution in [0.15, 0.2) is 65.6 Å². The Morgan fingerprint density at radius 3 is 2.13 bits per heavy atom. The van der Waals surface area contributed by atoms with Gasteiger partial charge in [0.2, 0.25) is 11.8 Å². The number of methoxy groups -OCH3 is 2. The lowest BCUT2D eigenvalue weighted by atomic mass is 10.1. The molecule has 13 heteroatoms. The highest BCUT2D eigenvalue weighted by Crippen LogP contribution is 2.33. The molecule has 3 aromatic carbocycles. The Morgan fingerprint density at radius 2 is 1.56 bits per heavy atom. The van der Waals surface area contributed by atoms with Crippen LogP contribution < -0.4 is 23.8 Å². The van der Waals surface area contributed by atoms with Crippen LogP contribution in [0.1, 0.15) is 39.7 Å². The van der Waals surface area contributed by atoms with Crippen molar-refractivity contribution in [3.8, 4) is 17.2 Å². The minimum absolute atomic E-state index is 0.0294. The summed E-state index contributed by atoms with van der Waals surface area (Å²) < 4.78 is 45.6. The van der Waals surface area contributed by atoms with E-state index in [1.165, 1.54) is 37.3 Å². The van der Waals surface area contributed by atoms with E-state index in [2.05, 4.69) is 5.32 Å². The number of nitrogens with zero attached hydrogens (tertiary/aromatic N) is 2. The molecule has 0 heterocycles. The van der Waals surface area contributed by atoms with E-state index in [9.17, 15) is 18.0 Å². The molecule has 0 aromatic heterocycles. The number of amides is 2. The lowest BCUT2D eigenvalue weighted by Crippen LogP contribution is -2.52. The maximum atomic E-state index is 14.2. The van der Waals surface area contributed by atoms with Crippen molar-refractivity contribution in [2.75, 3.05) is 31.7 Å². The zero-order valence-corrected chi connectivity index (χ0v) is 28.5. The first kappa shape index (κ1) is 35.8. The van der Waals surface area contributed by atoms with Crippen LogP contribution in [0.3, 0.4) is 0 Å². The second-order valence-electron chi connectivity index (χ2n) is 10.2. The summed E-state index contributed by atoms with van der Waals surface area (Å²) in [6.45, 7) is 7.00. The molecule has 3 aromatic rings. The molecule has 2 amide bonds. The first-order valence-corrected chi connectivity index (χ1v) is 16.6. The normalized spacial score (nSPS) is 12.5. The average molecular weight is 681 g/mol. The molecule has 0 aliphatic carbocycles. The van der Waals surface area contributed by atoms with Crippen molar-refractivity contribution in [2.24, 2.45) is 0 Å². The van der Waals surface area contributed by atoms with Gasteiger partial charge in [0.1, 0.15) is 18.3 Å². The number of rotatable bonds is 15. The van der Waals surface area contributed by atoms with Gasteiger partial charge in [0, 0.05) is 18.7 Å². The number of hydrogen-bond acceptors (Lipinski definition) is 7. The summed E-state index contributed by atoms with van der Waals surface area (Å²) in [6.07, 6.45) is 0.689. The molecule has 1 N–H and O–H groups in total. The van der Waals surface area contributed by atoms with E-state index < -0.39 is 28.5 Å². The van der Waals surface area contributed by atoms with Gasteiger partial charge in [-0.1, -0.05) is 36.2 Å². The van der Waals surface area contributed by atoms with Gasteiger partial charge in [0.25, 0.3) is 10.0 Å². The molecular weight excluding hydrogens is 641 g/mol. The molecule has 10 nitrogen and oxygen atoms in total. The zero-order valence-electron chi connectivity index (χ0n) is 26.2. The van der Waals surface area contributed by atoms with E-state index in [0.717, 1.165) is 4.31 Å². The zero-order chi connectivity index (χ0) is 33.3. The van der Waals surface area contributed by atoms with Crippen molar-refractivity contribution >= 4 is 50.7 Å². The first-order valence-electron chi connectivity index (χ1n) is 14.4. The fraction of sp³-hybridized carbons (Fsp3) is 0.375. The van der Waals surface area contributed by atoms with Gasteiger partial charge in [-0.3, -0.25) is 13.9 Å². The SMILES string of the molecule is CCOc1ccc(N(CC(=O)N(Cc2ccc(Cl)c(Cl)c2)[C@H](C)C(=O)N[C@H](C)CC)S(=O)(=O)c2ccc(OC)c(OC)c2)cc1. The Labute approximate surface area is 275 Å². The highest BCUT2D eigenvalue weighted by Gasteiger charge is 2.33. The minimum atomic E-state index is -4.35. The Kier molecular flexibility index (Phi) is 12.8. The van der Waals surface area contributed by atoms with Gasteiger partial charge >= 0.3 is 0 Å². The van der Waals surface area contributed by atoms with Crippen LogP contribution in [0.4, 0.5) is 5.69 Å². The predicted molar refractivity (Wildman–Crippen MR) is 176 cm³/mol. The van der Waals surface area contributed by atoms with Crippen molar-refractivity contribution in [1.29, 1.82) is 0 Å². The molecule has 0 spiro atoms. The summed E-state index contributed by atoms with van der Waals surface area (Å²) in [5.41, 5.74) is 0.823. The lowest BCUT2D eigenvalue weighted by Gasteiger charge is -2.32. The number of benzene rings is 3. The predicted octanol–water partition coefficient (Wildman–Crippen LogP) is 5.94. The smallest absolute Gasteiger partial charge is 0.264 e. The van der Waals surface area contributed by atoms with Gasteiger partial charge < -0.3 is 24.4 Å². The standard InChI is InChI=1S/C32H39Cl2N3O7S/c1-7-21(3)35-32(39)22(4)36(19-23-9-15-27(33)28(34)17-23)31(38)20-37(24-10-12-25(13-11-24)44-8-2)45(40,41)26-14-16-29(42-5)30(18-26)43-6/h9-18,21-22H,7-8,19-20H2,1-6H3,(H,35,39)/t21-,22-/m1/s1. The maximum absolute atomic E-state index is 14.2. The summed E-state index contributed by atoms with van der Waals surface area (Å²) >= 11 is 12.4. The summed E-state index contributed by atoms with van der Waals surface area (Å²) in [5.74, 6) is 0.0776. The molecule has 45 heavy (non-hydrogen) atoms. The number of anilines is 1. The lowest BCUT2D eigenvalue weighted by molar-refractivity contribution is -0.139. The number of carbonyl (C=O) groups is 2. The van der Waals surface area contributed by atoms with E-state index in [-0.39, 0.29) is 39.8 Å². The van der Waals surface area contributed by atoms with Crippen LogP contribution in [0.2, 0.25) is 10.0 Å². The highest BCUT2D eigenvalue weighted by atomic mass is 35.5. The van der Waals surface area contributed by atoms with E-state index in [1.54, 1.807) is 49.4 Å². The average Bonchev–Trinajstić information content (AvgIpc) is 3.03. The van der Waals surface area contributed by atoms with Gasteiger partial charge in [-0.05, 0) is 81.3 Å². The molecule has 0 bridgehead atoms. The second kappa shape index (κ2) is 16.1. The summed E-state index contributed by atoms with van der Waals surface area (Å²) in [6, 6.07) is 14.3. The van der Waals surface area contributed by atoms with Gasteiger partial charge in [-0.15, -0.1) is 0 Å². The number of sulfonamides is 1. The third kappa shape index (κ3) is 8.96. The molecule has 0 unspecified atom stereocenters. The van der Waals surface area contributed by atoms with Crippen molar-refractivity contribution in [3.63, 3.8) is 0 Å². The van der Waals surface area contributed by atoms with Crippen LogP contribution >= 0.6 is 23.2 Å². The fourth-order valence-corrected chi connectivity index (χ4v) is 6.14. The van der Waals surface area contributed by atoms with Gasteiger partial charge in [0.05, 0.1) is 41.5 Å². The maximum Gasteiger partial charge on any atom is 0.264 e. The number of ether oxygens (including phenoxy) is 3. The van der Waals surface area contributed by atoms with Gasteiger partial charge in [0.15, 0.2) is 11.5 Å². The molecule has 0 fully saturated rings. The summed E-state index contributed by atoms with van der Waals surface area (Å²) in [5, 5.41) is 3.52. The van der Waals surface area contributed by atoms with Crippen LogP contribution in [0.5, 0.6) is 17.2 Å². The fourth-order valence-electron chi connectivity index (χ4n) is 4.39. The number of hydrogen-bond donors (Lipinski definition) is 1. The molecule has 2 atom stereocenters. The van der Waals surface area contributed by atoms with Gasteiger partial charge in [-0.2, -0.15) is 0 Å². The van der Waals surface area contributed by atoms with Crippen molar-refractivity contribution in [1.82, 2.24) is 10.2 Å². The molecule has 244 valence electrons. The molecule has 0 saturated carbocycles. The number of carbonyl (C=O) groups excluding carboxylic acids is 2. The first-order chi connectivity index (χ1) is 21.4. The van der Waals surface area contributed by atoms with Crippen molar-refractivity contribution < 1.29 is 32.2 Å². The number of nitrogens with one attached hydrogen (secondary N) is 1. The van der Waals surface area contributed by atoms with E-state index in [0.29, 0.717) is 35.1 Å². The number of halogens is 2. The third-order valence-electron chi connectivity index (χ3n) is 7.16. The second-order valence-corrected chi connectivity index (χ2v) is 12.9. The Hall–Kier alpha value is -3.67. The quantitative estimate of drug-likeness (QED) is 0.212.